The van der Waals surface area contributed by atoms with Gasteiger partial charge in [0.05, 0.1) is 0 Å². The Morgan fingerprint density at radius 1 is 1.15 bits per heavy atom. The highest BCUT2D eigenvalue weighted by Crippen LogP contribution is 2.27. The fourth-order valence-electron chi connectivity index (χ4n) is 1.92. The molecule has 0 fully saturated rings. The van der Waals surface area contributed by atoms with Crippen molar-refractivity contribution < 1.29 is 15.0 Å². The minimum Gasteiger partial charge on any atom is -0.507 e. The van der Waals surface area contributed by atoms with Crippen molar-refractivity contribution in [2.75, 3.05) is 7.05 Å². The molecular formula is C15H14ClNO3. The monoisotopic (exact) mass is 291 g/mol. The van der Waals surface area contributed by atoms with E-state index in [0.717, 1.165) is 5.56 Å². The molecule has 2 aromatic carbocycles. The Hall–Kier alpha value is -2.20. The van der Waals surface area contributed by atoms with Gasteiger partial charge < -0.3 is 15.1 Å². The Morgan fingerprint density at radius 2 is 1.75 bits per heavy atom. The third-order valence-corrected chi connectivity index (χ3v) is 3.12. The van der Waals surface area contributed by atoms with Crippen LogP contribution < -0.4 is 0 Å². The van der Waals surface area contributed by atoms with Crippen LogP contribution in [0.15, 0.2) is 42.5 Å². The second-order valence-corrected chi connectivity index (χ2v) is 4.90. The van der Waals surface area contributed by atoms with E-state index < -0.39 is 5.91 Å². The van der Waals surface area contributed by atoms with Gasteiger partial charge in [0.25, 0.3) is 5.91 Å². The maximum atomic E-state index is 12.2. The SMILES string of the molecule is CN(Cc1cccc(Cl)c1)C(=O)c1c(O)cccc1O. The highest BCUT2D eigenvalue weighted by Gasteiger charge is 2.19. The number of benzene rings is 2. The van der Waals surface area contributed by atoms with Crippen LogP contribution in [-0.2, 0) is 6.54 Å². The number of hydrogen-bond acceptors (Lipinski definition) is 3. The maximum absolute atomic E-state index is 12.2. The summed E-state index contributed by atoms with van der Waals surface area (Å²) in [7, 11) is 1.59. The van der Waals surface area contributed by atoms with E-state index in [1.165, 1.54) is 23.1 Å². The van der Waals surface area contributed by atoms with Crippen LogP contribution in [0.25, 0.3) is 0 Å². The number of rotatable bonds is 3. The van der Waals surface area contributed by atoms with Crippen LogP contribution >= 0.6 is 11.6 Å². The molecule has 0 bridgehead atoms. The Morgan fingerprint density at radius 3 is 2.35 bits per heavy atom. The lowest BCUT2D eigenvalue weighted by Gasteiger charge is -2.18. The number of carbonyl (C=O) groups excluding carboxylic acids is 1. The van der Waals surface area contributed by atoms with Crippen molar-refractivity contribution in [3.63, 3.8) is 0 Å². The molecule has 104 valence electrons. The van der Waals surface area contributed by atoms with E-state index in [9.17, 15) is 15.0 Å². The van der Waals surface area contributed by atoms with Crippen molar-refractivity contribution in [1.29, 1.82) is 0 Å². The minimum atomic E-state index is -0.458. The van der Waals surface area contributed by atoms with Gasteiger partial charge in [-0.1, -0.05) is 29.8 Å². The number of phenolic OH excluding ortho intramolecular Hbond substituents is 2. The number of carbonyl (C=O) groups is 1. The number of phenols is 2. The van der Waals surface area contributed by atoms with Gasteiger partial charge in [0, 0.05) is 18.6 Å². The molecule has 0 radical (unpaired) electrons. The molecule has 0 heterocycles. The molecule has 0 aliphatic carbocycles. The third-order valence-electron chi connectivity index (χ3n) is 2.89. The van der Waals surface area contributed by atoms with Gasteiger partial charge in [-0.2, -0.15) is 0 Å². The quantitative estimate of drug-likeness (QED) is 0.914. The van der Waals surface area contributed by atoms with E-state index in [0.29, 0.717) is 11.6 Å². The predicted octanol–water partition coefficient (Wildman–Crippen LogP) is 3.02. The topological polar surface area (TPSA) is 60.8 Å². The number of nitrogens with zero attached hydrogens (tertiary/aromatic N) is 1. The van der Waals surface area contributed by atoms with E-state index in [2.05, 4.69) is 0 Å². The van der Waals surface area contributed by atoms with Gasteiger partial charge in [-0.3, -0.25) is 4.79 Å². The number of amides is 1. The molecule has 2 N–H and O–H groups in total. The largest absolute Gasteiger partial charge is 0.507 e. The molecule has 0 spiro atoms. The van der Waals surface area contributed by atoms with Crippen LogP contribution in [0.2, 0.25) is 5.02 Å². The third kappa shape index (κ3) is 3.03. The van der Waals surface area contributed by atoms with Gasteiger partial charge in [-0.15, -0.1) is 0 Å². The molecule has 0 unspecified atom stereocenters. The summed E-state index contributed by atoms with van der Waals surface area (Å²) in [5.41, 5.74) is 0.764. The number of hydrogen-bond donors (Lipinski definition) is 2. The summed E-state index contributed by atoms with van der Waals surface area (Å²) in [5.74, 6) is -0.943. The van der Waals surface area contributed by atoms with Crippen molar-refractivity contribution in [2.24, 2.45) is 0 Å². The average Bonchev–Trinajstić information content (AvgIpc) is 2.38. The Kier molecular flexibility index (Phi) is 4.15. The van der Waals surface area contributed by atoms with Crippen LogP contribution in [0.5, 0.6) is 11.5 Å². The Bertz CT molecular complexity index is 623. The Labute approximate surface area is 121 Å². The first-order chi connectivity index (χ1) is 9.49. The fraction of sp³-hybridized carbons (Fsp3) is 0.133. The van der Waals surface area contributed by atoms with Crippen molar-refractivity contribution in [1.82, 2.24) is 4.90 Å². The summed E-state index contributed by atoms with van der Waals surface area (Å²) in [5, 5.41) is 20.0. The molecule has 1 amide bonds. The molecule has 4 nitrogen and oxygen atoms in total. The van der Waals surface area contributed by atoms with E-state index >= 15 is 0 Å². The zero-order valence-corrected chi connectivity index (χ0v) is 11.6. The second kappa shape index (κ2) is 5.84. The van der Waals surface area contributed by atoms with Gasteiger partial charge >= 0.3 is 0 Å². The molecule has 0 saturated carbocycles. The Balaban J connectivity index is 2.21. The molecule has 2 rings (SSSR count). The van der Waals surface area contributed by atoms with E-state index in [1.54, 1.807) is 25.2 Å². The molecule has 0 aliphatic rings. The zero-order valence-electron chi connectivity index (χ0n) is 10.9. The molecule has 0 aromatic heterocycles. The summed E-state index contributed by atoms with van der Waals surface area (Å²) in [6, 6.07) is 11.4. The van der Waals surface area contributed by atoms with Crippen molar-refractivity contribution in [2.45, 2.75) is 6.54 Å². The lowest BCUT2D eigenvalue weighted by Crippen LogP contribution is -2.26. The zero-order chi connectivity index (χ0) is 14.7. The van der Waals surface area contributed by atoms with Gasteiger partial charge in [0.1, 0.15) is 17.1 Å². The van der Waals surface area contributed by atoms with Crippen LogP contribution in [0, 0.1) is 0 Å². The summed E-state index contributed by atoms with van der Waals surface area (Å²) < 4.78 is 0. The van der Waals surface area contributed by atoms with Crippen LogP contribution in [0.1, 0.15) is 15.9 Å². The number of aromatic hydroxyl groups is 2. The van der Waals surface area contributed by atoms with Crippen LogP contribution in [-0.4, -0.2) is 28.1 Å². The first kappa shape index (κ1) is 14.2. The van der Waals surface area contributed by atoms with Crippen molar-refractivity contribution in [3.8, 4) is 11.5 Å². The molecule has 0 aliphatic heterocycles. The summed E-state index contributed by atoms with van der Waals surface area (Å²) >= 11 is 5.89. The van der Waals surface area contributed by atoms with Gasteiger partial charge in [-0.05, 0) is 29.8 Å². The number of halogens is 1. The van der Waals surface area contributed by atoms with E-state index in [1.807, 2.05) is 6.07 Å². The van der Waals surface area contributed by atoms with Gasteiger partial charge in [-0.25, -0.2) is 0 Å². The molecule has 2 aromatic rings. The molecule has 0 saturated heterocycles. The van der Waals surface area contributed by atoms with Gasteiger partial charge in [0.2, 0.25) is 0 Å². The summed E-state index contributed by atoms with van der Waals surface area (Å²) in [6.45, 7) is 0.327. The smallest absolute Gasteiger partial charge is 0.261 e. The highest BCUT2D eigenvalue weighted by atomic mass is 35.5. The predicted molar refractivity (Wildman–Crippen MR) is 77.0 cm³/mol. The first-order valence-corrected chi connectivity index (χ1v) is 6.37. The minimum absolute atomic E-state index is 0.1000. The molecule has 20 heavy (non-hydrogen) atoms. The molecule has 5 heteroatoms. The lowest BCUT2D eigenvalue weighted by molar-refractivity contribution is 0.0779. The van der Waals surface area contributed by atoms with Gasteiger partial charge in [0.15, 0.2) is 0 Å². The van der Waals surface area contributed by atoms with Crippen LogP contribution in [0.4, 0.5) is 0 Å². The fourth-order valence-corrected chi connectivity index (χ4v) is 2.13. The van der Waals surface area contributed by atoms with Crippen molar-refractivity contribution in [3.05, 3.63) is 58.6 Å². The molecule has 0 atom stereocenters. The van der Waals surface area contributed by atoms with E-state index in [-0.39, 0.29) is 17.1 Å². The molecular weight excluding hydrogens is 278 g/mol. The normalized spacial score (nSPS) is 10.3. The lowest BCUT2D eigenvalue weighted by atomic mass is 10.1. The van der Waals surface area contributed by atoms with Crippen molar-refractivity contribution >= 4 is 17.5 Å². The average molecular weight is 292 g/mol. The van der Waals surface area contributed by atoms with Crippen LogP contribution in [0.3, 0.4) is 0 Å². The van der Waals surface area contributed by atoms with E-state index in [4.69, 9.17) is 11.6 Å². The summed E-state index contributed by atoms with van der Waals surface area (Å²) in [4.78, 5) is 13.7. The second-order valence-electron chi connectivity index (χ2n) is 4.46. The summed E-state index contributed by atoms with van der Waals surface area (Å²) in [6.07, 6.45) is 0. The maximum Gasteiger partial charge on any atom is 0.261 e. The first-order valence-electron chi connectivity index (χ1n) is 6.00. The standard InChI is InChI=1S/C15H14ClNO3/c1-17(9-10-4-2-5-11(16)8-10)15(20)14-12(18)6-3-7-13(14)19/h2-8,18-19H,9H2,1H3. The highest BCUT2D eigenvalue weighted by molar-refractivity contribution is 6.30.